The number of rotatable bonds is 5. The number of benzene rings is 1. The maximum atomic E-state index is 13.1. The van der Waals surface area contributed by atoms with Crippen LogP contribution in [0.1, 0.15) is 31.2 Å². The largest absolute Gasteiger partial charge is 0.384 e. The van der Waals surface area contributed by atoms with Crippen molar-refractivity contribution in [3.8, 4) is 0 Å². The van der Waals surface area contributed by atoms with Gasteiger partial charge in [-0.1, -0.05) is 12.1 Å². The Labute approximate surface area is 198 Å². The van der Waals surface area contributed by atoms with Gasteiger partial charge in [0, 0.05) is 36.2 Å². The van der Waals surface area contributed by atoms with Gasteiger partial charge in [-0.3, -0.25) is 9.69 Å². The smallest absolute Gasteiger partial charge is 0.225 e. The summed E-state index contributed by atoms with van der Waals surface area (Å²) < 4.78 is 26.7. The molecule has 0 spiro atoms. The summed E-state index contributed by atoms with van der Waals surface area (Å²) in [5, 5.41) is -0.445. The second kappa shape index (κ2) is 9.89. The van der Waals surface area contributed by atoms with Crippen LogP contribution in [0, 0.1) is 5.92 Å². The Hall–Kier alpha value is -1.97. The molecule has 0 unspecified atom stereocenters. The summed E-state index contributed by atoms with van der Waals surface area (Å²) in [6, 6.07) is 10.8. The Morgan fingerprint density at radius 1 is 1.06 bits per heavy atom. The Bertz CT molecular complexity index is 1060. The molecular weight excluding hydrogens is 492 g/mol. The molecule has 172 valence electrons. The minimum absolute atomic E-state index is 0.0187. The molecule has 0 saturated carbocycles. The fourth-order valence-electron chi connectivity index (χ4n) is 4.69. The fourth-order valence-corrected chi connectivity index (χ4v) is 7.45. The number of amides is 1. The molecule has 2 saturated heterocycles. The maximum Gasteiger partial charge on any atom is 0.225 e. The minimum atomic E-state index is -3.41. The molecule has 1 aromatic carbocycles. The van der Waals surface area contributed by atoms with Gasteiger partial charge in [0.2, 0.25) is 5.91 Å². The van der Waals surface area contributed by atoms with Crippen molar-refractivity contribution < 1.29 is 13.2 Å². The zero-order valence-electron chi connectivity index (χ0n) is 18.0. The Kier molecular flexibility index (Phi) is 7.17. The third kappa shape index (κ3) is 5.15. The van der Waals surface area contributed by atoms with Crippen LogP contribution in [-0.4, -0.2) is 60.5 Å². The predicted molar refractivity (Wildman–Crippen MR) is 128 cm³/mol. The average Bonchev–Trinajstić information content (AvgIpc) is 2.79. The molecule has 0 aliphatic carbocycles. The van der Waals surface area contributed by atoms with E-state index in [9.17, 15) is 13.2 Å². The lowest BCUT2D eigenvalue weighted by molar-refractivity contribution is -0.138. The van der Waals surface area contributed by atoms with Gasteiger partial charge in [-0.2, -0.15) is 0 Å². The van der Waals surface area contributed by atoms with E-state index in [-0.39, 0.29) is 11.8 Å². The number of pyridine rings is 1. The van der Waals surface area contributed by atoms with Crippen LogP contribution in [-0.2, 0) is 21.2 Å². The first-order valence-electron chi connectivity index (χ1n) is 11.0. The standard InChI is InChI=1S/C23H29BrN4O3S/c24-20-3-1-2-4-21(20)32(30,31)19-8-13-28(14-9-19)23(29)18-6-11-27(12-7-18)16-17-5-10-26-22(25)15-17/h1-5,10,15,18-19H,6-9,11-14,16H2,(H2,25,26). The number of anilines is 1. The zero-order valence-corrected chi connectivity index (χ0v) is 20.4. The van der Waals surface area contributed by atoms with Crippen molar-refractivity contribution in [1.29, 1.82) is 0 Å². The number of nitrogens with zero attached hydrogens (tertiary/aromatic N) is 3. The lowest BCUT2D eigenvalue weighted by Gasteiger charge is -2.37. The molecule has 1 amide bonds. The quantitative estimate of drug-likeness (QED) is 0.650. The van der Waals surface area contributed by atoms with Crippen molar-refractivity contribution in [2.24, 2.45) is 5.92 Å². The van der Waals surface area contributed by atoms with Crippen molar-refractivity contribution in [2.75, 3.05) is 31.9 Å². The van der Waals surface area contributed by atoms with Crippen LogP contribution in [0.2, 0.25) is 0 Å². The molecule has 7 nitrogen and oxygen atoms in total. The molecule has 0 bridgehead atoms. The van der Waals surface area contributed by atoms with Gasteiger partial charge >= 0.3 is 0 Å². The Morgan fingerprint density at radius 3 is 2.41 bits per heavy atom. The maximum absolute atomic E-state index is 13.1. The van der Waals surface area contributed by atoms with Crippen LogP contribution in [0.3, 0.4) is 0 Å². The molecule has 2 aromatic rings. The second-order valence-corrected chi connectivity index (χ2v) is 11.7. The van der Waals surface area contributed by atoms with E-state index in [2.05, 4.69) is 25.8 Å². The molecule has 9 heteroatoms. The molecule has 2 N–H and O–H groups in total. The van der Waals surface area contributed by atoms with Crippen LogP contribution >= 0.6 is 15.9 Å². The molecule has 32 heavy (non-hydrogen) atoms. The number of sulfone groups is 1. The number of halogens is 1. The molecule has 2 aliphatic heterocycles. The lowest BCUT2D eigenvalue weighted by atomic mass is 9.94. The number of likely N-dealkylation sites (tertiary alicyclic amines) is 2. The molecule has 2 aliphatic rings. The zero-order chi connectivity index (χ0) is 22.7. The molecule has 1 aromatic heterocycles. The first kappa shape index (κ1) is 23.2. The second-order valence-electron chi connectivity index (χ2n) is 8.64. The van der Waals surface area contributed by atoms with Gasteiger partial charge in [0.15, 0.2) is 9.84 Å². The molecule has 4 rings (SSSR count). The van der Waals surface area contributed by atoms with Crippen LogP contribution < -0.4 is 5.73 Å². The molecule has 2 fully saturated rings. The summed E-state index contributed by atoms with van der Waals surface area (Å²) in [5.41, 5.74) is 6.90. The van der Waals surface area contributed by atoms with Gasteiger partial charge in [-0.15, -0.1) is 0 Å². The molecule has 3 heterocycles. The number of piperidine rings is 2. The summed E-state index contributed by atoms with van der Waals surface area (Å²) in [6.45, 7) is 3.55. The third-order valence-electron chi connectivity index (χ3n) is 6.52. The van der Waals surface area contributed by atoms with E-state index >= 15 is 0 Å². The van der Waals surface area contributed by atoms with Crippen molar-refractivity contribution in [1.82, 2.24) is 14.8 Å². The number of carbonyl (C=O) groups excluding carboxylic acids is 1. The van der Waals surface area contributed by atoms with Crippen molar-refractivity contribution >= 4 is 37.5 Å². The van der Waals surface area contributed by atoms with Gasteiger partial charge in [-0.25, -0.2) is 13.4 Å². The highest BCUT2D eigenvalue weighted by atomic mass is 79.9. The number of carbonyl (C=O) groups is 1. The summed E-state index contributed by atoms with van der Waals surface area (Å²) in [5.74, 6) is 0.720. The highest BCUT2D eigenvalue weighted by Gasteiger charge is 2.36. The van der Waals surface area contributed by atoms with E-state index in [1.165, 1.54) is 0 Å². The van der Waals surface area contributed by atoms with E-state index in [1.807, 2.05) is 23.1 Å². The molecular formula is C23H29BrN4O3S. The normalized spacial score (nSPS) is 19.2. The third-order valence-corrected chi connectivity index (χ3v) is 9.80. The van der Waals surface area contributed by atoms with E-state index in [0.717, 1.165) is 38.0 Å². The van der Waals surface area contributed by atoms with E-state index < -0.39 is 15.1 Å². The van der Waals surface area contributed by atoms with Gasteiger partial charge in [-0.05, 0) is 84.5 Å². The number of nitrogens with two attached hydrogens (primary N) is 1. The number of hydrogen-bond donors (Lipinski definition) is 1. The lowest BCUT2D eigenvalue weighted by Crippen LogP contribution is -2.47. The van der Waals surface area contributed by atoms with Gasteiger partial charge in [0.25, 0.3) is 0 Å². The van der Waals surface area contributed by atoms with Crippen LogP contribution in [0.5, 0.6) is 0 Å². The van der Waals surface area contributed by atoms with E-state index in [1.54, 1.807) is 24.4 Å². The predicted octanol–water partition coefficient (Wildman–Crippen LogP) is 3.10. The summed E-state index contributed by atoms with van der Waals surface area (Å²) in [4.78, 5) is 21.7. The van der Waals surface area contributed by atoms with Crippen LogP contribution in [0.25, 0.3) is 0 Å². The SMILES string of the molecule is Nc1cc(CN2CCC(C(=O)N3CCC(S(=O)(=O)c4ccccc4Br)CC3)CC2)ccn1. The number of hydrogen-bond acceptors (Lipinski definition) is 6. The van der Waals surface area contributed by atoms with E-state index in [0.29, 0.717) is 41.1 Å². The first-order valence-corrected chi connectivity index (χ1v) is 13.4. The topological polar surface area (TPSA) is 96.6 Å². The fraction of sp³-hybridized carbons (Fsp3) is 0.478. The van der Waals surface area contributed by atoms with Crippen molar-refractivity contribution in [3.63, 3.8) is 0 Å². The summed E-state index contributed by atoms with van der Waals surface area (Å²) in [7, 11) is -3.41. The van der Waals surface area contributed by atoms with Crippen LogP contribution in [0.4, 0.5) is 5.82 Å². The van der Waals surface area contributed by atoms with Crippen molar-refractivity contribution in [2.45, 2.75) is 42.4 Å². The summed E-state index contributed by atoms with van der Waals surface area (Å²) >= 11 is 3.36. The summed E-state index contributed by atoms with van der Waals surface area (Å²) in [6.07, 6.45) is 4.35. The number of aromatic nitrogens is 1. The molecule has 0 radical (unpaired) electrons. The minimum Gasteiger partial charge on any atom is -0.384 e. The Balaban J connectivity index is 1.28. The van der Waals surface area contributed by atoms with Crippen LogP contribution in [0.15, 0.2) is 52.0 Å². The first-order chi connectivity index (χ1) is 15.3. The monoisotopic (exact) mass is 520 g/mol. The van der Waals surface area contributed by atoms with Crippen molar-refractivity contribution in [3.05, 3.63) is 52.6 Å². The highest BCUT2D eigenvalue weighted by molar-refractivity contribution is 9.10. The molecule has 0 atom stereocenters. The van der Waals surface area contributed by atoms with Gasteiger partial charge in [0.1, 0.15) is 5.82 Å². The van der Waals surface area contributed by atoms with E-state index in [4.69, 9.17) is 5.73 Å². The Morgan fingerprint density at radius 2 is 1.75 bits per heavy atom. The average molecular weight is 521 g/mol. The number of nitrogen functional groups attached to an aromatic ring is 1. The van der Waals surface area contributed by atoms with Gasteiger partial charge < -0.3 is 10.6 Å². The van der Waals surface area contributed by atoms with Gasteiger partial charge in [0.05, 0.1) is 10.1 Å². The highest BCUT2D eigenvalue weighted by Crippen LogP contribution is 2.30.